The van der Waals surface area contributed by atoms with E-state index in [1.807, 2.05) is 6.92 Å². The number of benzene rings is 2. The fraction of sp³-hybridized carbons (Fsp3) is 0.105. The van der Waals surface area contributed by atoms with Crippen LogP contribution in [0, 0.1) is 12.7 Å². The Balaban J connectivity index is 1.45. The first kappa shape index (κ1) is 17.2. The van der Waals surface area contributed by atoms with Crippen LogP contribution in [-0.2, 0) is 4.79 Å². The molecule has 2 heterocycles. The molecule has 0 atom stereocenters. The van der Waals surface area contributed by atoms with E-state index in [0.29, 0.717) is 26.7 Å². The zero-order valence-corrected chi connectivity index (χ0v) is 14.9. The Bertz CT molecular complexity index is 1230. The molecule has 0 unspecified atom stereocenters. The number of carbonyl (C=O) groups is 1. The standard InChI is InChI=1S/C19H13FN2O4S/c1-10-6-18(24)26-15-8-12(3-4-13(10)15)25-9-17(23)22-19-21-14-5-2-11(20)7-16(14)27-19/h2-8H,9H2,1H3,(H,21,22,23). The molecule has 8 heteroatoms. The summed E-state index contributed by atoms with van der Waals surface area (Å²) in [5.41, 5.74) is 1.36. The summed E-state index contributed by atoms with van der Waals surface area (Å²) in [6.07, 6.45) is 0. The first-order valence-electron chi connectivity index (χ1n) is 8.01. The Morgan fingerprint density at radius 2 is 2.11 bits per heavy atom. The Morgan fingerprint density at radius 1 is 1.26 bits per heavy atom. The van der Waals surface area contributed by atoms with Crippen molar-refractivity contribution in [3.05, 3.63) is 64.3 Å². The molecule has 0 spiro atoms. The smallest absolute Gasteiger partial charge is 0.336 e. The monoisotopic (exact) mass is 384 g/mol. The fourth-order valence-corrected chi connectivity index (χ4v) is 3.56. The minimum Gasteiger partial charge on any atom is -0.484 e. The summed E-state index contributed by atoms with van der Waals surface area (Å²) in [4.78, 5) is 27.8. The number of ether oxygens (including phenoxy) is 1. The Morgan fingerprint density at radius 3 is 2.96 bits per heavy atom. The first-order chi connectivity index (χ1) is 13.0. The fourth-order valence-electron chi connectivity index (χ4n) is 2.65. The van der Waals surface area contributed by atoms with Crippen LogP contribution in [-0.4, -0.2) is 17.5 Å². The zero-order chi connectivity index (χ0) is 19.0. The van der Waals surface area contributed by atoms with Gasteiger partial charge in [0.15, 0.2) is 11.7 Å². The molecule has 0 fully saturated rings. The van der Waals surface area contributed by atoms with Crippen molar-refractivity contribution in [3.63, 3.8) is 0 Å². The Labute approximate surface area is 156 Å². The third-order valence-corrected chi connectivity index (χ3v) is 4.82. The molecule has 0 saturated heterocycles. The number of hydrogen-bond donors (Lipinski definition) is 1. The van der Waals surface area contributed by atoms with Crippen LogP contribution in [0.25, 0.3) is 21.2 Å². The number of fused-ring (bicyclic) bond motifs is 2. The highest BCUT2D eigenvalue weighted by molar-refractivity contribution is 7.22. The van der Waals surface area contributed by atoms with Crippen molar-refractivity contribution in [1.82, 2.24) is 4.98 Å². The van der Waals surface area contributed by atoms with Crippen molar-refractivity contribution >= 4 is 43.6 Å². The van der Waals surface area contributed by atoms with Crippen molar-refractivity contribution in [3.8, 4) is 5.75 Å². The van der Waals surface area contributed by atoms with Gasteiger partial charge in [-0.15, -0.1) is 0 Å². The second kappa shape index (κ2) is 6.81. The maximum Gasteiger partial charge on any atom is 0.336 e. The number of carbonyl (C=O) groups excluding carboxylic acids is 1. The summed E-state index contributed by atoms with van der Waals surface area (Å²) in [5.74, 6) is -0.358. The van der Waals surface area contributed by atoms with Crippen molar-refractivity contribution in [2.45, 2.75) is 6.92 Å². The van der Waals surface area contributed by atoms with E-state index in [9.17, 15) is 14.0 Å². The molecule has 1 N–H and O–H groups in total. The molecule has 27 heavy (non-hydrogen) atoms. The van der Waals surface area contributed by atoms with E-state index in [4.69, 9.17) is 9.15 Å². The number of amides is 1. The summed E-state index contributed by atoms with van der Waals surface area (Å²) in [5, 5.41) is 3.79. The van der Waals surface area contributed by atoms with Crippen LogP contribution in [0.1, 0.15) is 5.56 Å². The zero-order valence-electron chi connectivity index (χ0n) is 14.1. The molecule has 0 bridgehead atoms. The van der Waals surface area contributed by atoms with E-state index in [1.165, 1.54) is 29.5 Å². The number of hydrogen-bond acceptors (Lipinski definition) is 6. The first-order valence-corrected chi connectivity index (χ1v) is 8.83. The number of nitrogens with zero attached hydrogens (tertiary/aromatic N) is 1. The molecule has 0 radical (unpaired) electrons. The van der Waals surface area contributed by atoms with Crippen molar-refractivity contribution < 1.29 is 18.3 Å². The highest BCUT2D eigenvalue weighted by atomic mass is 32.1. The SMILES string of the molecule is Cc1cc(=O)oc2cc(OCC(=O)Nc3nc4ccc(F)cc4s3)ccc12. The number of halogens is 1. The van der Waals surface area contributed by atoms with Gasteiger partial charge in [0.1, 0.15) is 17.1 Å². The number of nitrogens with one attached hydrogen (secondary N) is 1. The largest absolute Gasteiger partial charge is 0.484 e. The molecule has 1 amide bonds. The van der Waals surface area contributed by atoms with Gasteiger partial charge in [-0.1, -0.05) is 11.3 Å². The molecule has 6 nitrogen and oxygen atoms in total. The van der Waals surface area contributed by atoms with Crippen LogP contribution in [0.4, 0.5) is 9.52 Å². The van der Waals surface area contributed by atoms with Crippen LogP contribution >= 0.6 is 11.3 Å². The molecule has 4 rings (SSSR count). The predicted octanol–water partition coefficient (Wildman–Crippen LogP) is 3.87. The molecule has 0 aliphatic carbocycles. The van der Waals surface area contributed by atoms with E-state index in [2.05, 4.69) is 10.3 Å². The quantitative estimate of drug-likeness (QED) is 0.540. The summed E-state index contributed by atoms with van der Waals surface area (Å²) in [6.45, 7) is 1.57. The average Bonchev–Trinajstić information content (AvgIpc) is 3.00. The van der Waals surface area contributed by atoms with E-state index in [-0.39, 0.29) is 12.4 Å². The number of aryl methyl sites for hydroxylation is 1. The average molecular weight is 384 g/mol. The molecule has 0 aliphatic rings. The van der Waals surface area contributed by atoms with Crippen LogP contribution < -0.4 is 15.7 Å². The van der Waals surface area contributed by atoms with Gasteiger partial charge in [-0.3, -0.25) is 10.1 Å². The number of aromatic nitrogens is 1. The van der Waals surface area contributed by atoms with E-state index in [1.54, 1.807) is 24.3 Å². The van der Waals surface area contributed by atoms with E-state index >= 15 is 0 Å². The van der Waals surface area contributed by atoms with Gasteiger partial charge in [0.25, 0.3) is 5.91 Å². The summed E-state index contributed by atoms with van der Waals surface area (Å²) in [7, 11) is 0. The van der Waals surface area contributed by atoms with Gasteiger partial charge in [-0.05, 0) is 42.8 Å². The summed E-state index contributed by atoms with van der Waals surface area (Å²) in [6, 6.07) is 10.7. The number of rotatable bonds is 4. The molecular weight excluding hydrogens is 371 g/mol. The van der Waals surface area contributed by atoms with Gasteiger partial charge >= 0.3 is 5.63 Å². The summed E-state index contributed by atoms with van der Waals surface area (Å²) < 4.78 is 24.5. The van der Waals surface area contributed by atoms with Crippen molar-refractivity contribution in [2.24, 2.45) is 0 Å². The van der Waals surface area contributed by atoms with Gasteiger partial charge in [-0.2, -0.15) is 0 Å². The minimum absolute atomic E-state index is 0.244. The van der Waals surface area contributed by atoms with Crippen LogP contribution in [0.15, 0.2) is 51.7 Å². The maximum atomic E-state index is 13.2. The molecule has 0 saturated carbocycles. The lowest BCUT2D eigenvalue weighted by molar-refractivity contribution is -0.118. The van der Waals surface area contributed by atoms with Crippen molar-refractivity contribution in [2.75, 3.05) is 11.9 Å². The molecule has 0 aliphatic heterocycles. The van der Waals surface area contributed by atoms with Gasteiger partial charge in [-0.25, -0.2) is 14.2 Å². The van der Waals surface area contributed by atoms with Crippen LogP contribution in [0.2, 0.25) is 0 Å². The third kappa shape index (κ3) is 3.65. The molecule has 2 aromatic carbocycles. The second-order valence-corrected chi connectivity index (χ2v) is 6.90. The Hall–Kier alpha value is -3.26. The van der Waals surface area contributed by atoms with Gasteiger partial charge in [0.05, 0.1) is 10.2 Å². The maximum absolute atomic E-state index is 13.2. The highest BCUT2D eigenvalue weighted by Crippen LogP contribution is 2.26. The highest BCUT2D eigenvalue weighted by Gasteiger charge is 2.10. The molecular formula is C19H13FN2O4S. The second-order valence-electron chi connectivity index (χ2n) is 5.87. The molecule has 2 aromatic heterocycles. The molecule has 4 aromatic rings. The number of anilines is 1. The van der Waals surface area contributed by atoms with E-state index < -0.39 is 11.5 Å². The van der Waals surface area contributed by atoms with Gasteiger partial charge in [0.2, 0.25) is 0 Å². The van der Waals surface area contributed by atoms with Crippen molar-refractivity contribution in [1.29, 1.82) is 0 Å². The predicted molar refractivity (Wildman–Crippen MR) is 101 cm³/mol. The van der Waals surface area contributed by atoms with Crippen LogP contribution in [0.3, 0.4) is 0 Å². The normalized spacial score (nSPS) is 11.0. The molecule has 136 valence electrons. The Kier molecular flexibility index (Phi) is 4.33. The van der Waals surface area contributed by atoms with Gasteiger partial charge in [0, 0.05) is 17.5 Å². The lowest BCUT2D eigenvalue weighted by Crippen LogP contribution is -2.20. The number of thiazole rings is 1. The van der Waals surface area contributed by atoms with E-state index in [0.717, 1.165) is 10.9 Å². The van der Waals surface area contributed by atoms with Crippen LogP contribution in [0.5, 0.6) is 5.75 Å². The summed E-state index contributed by atoms with van der Waals surface area (Å²) >= 11 is 1.18. The van der Waals surface area contributed by atoms with Gasteiger partial charge < -0.3 is 9.15 Å². The third-order valence-electron chi connectivity index (χ3n) is 3.89. The lowest BCUT2D eigenvalue weighted by Gasteiger charge is -2.07. The minimum atomic E-state index is -0.442. The topological polar surface area (TPSA) is 81.4 Å². The lowest BCUT2D eigenvalue weighted by atomic mass is 10.1.